The van der Waals surface area contributed by atoms with Crippen molar-refractivity contribution in [1.82, 2.24) is 4.98 Å². The lowest BCUT2D eigenvalue weighted by molar-refractivity contribution is -0.141. The highest BCUT2D eigenvalue weighted by molar-refractivity contribution is 9.10. The maximum Gasteiger partial charge on any atom is 0.433 e. The Morgan fingerprint density at radius 1 is 1.45 bits per heavy atom. The lowest BCUT2D eigenvalue weighted by Crippen LogP contribution is -2.07. The molecule has 0 spiro atoms. The van der Waals surface area contributed by atoms with Gasteiger partial charge in [0, 0.05) is 16.7 Å². The summed E-state index contributed by atoms with van der Waals surface area (Å²) in [6.45, 7) is 0. The molecule has 0 aliphatic heterocycles. The molecule has 5 heteroatoms. The summed E-state index contributed by atoms with van der Waals surface area (Å²) in [7, 11) is 0. The first kappa shape index (κ1) is 8.52. The molecule has 11 heavy (non-hydrogen) atoms. The molecule has 59 valence electrons. The van der Waals surface area contributed by atoms with Crippen LogP contribution in [0.3, 0.4) is 0 Å². The van der Waals surface area contributed by atoms with Crippen LogP contribution in [0.4, 0.5) is 13.2 Å². The molecule has 1 rings (SSSR count). The quantitative estimate of drug-likeness (QED) is 0.661. The second kappa shape index (κ2) is 2.81. The fourth-order valence-electron chi connectivity index (χ4n) is 0.493. The van der Waals surface area contributed by atoms with Gasteiger partial charge in [-0.2, -0.15) is 13.2 Å². The summed E-state index contributed by atoms with van der Waals surface area (Å²) in [5.74, 6) is 0. The van der Waals surface area contributed by atoms with Gasteiger partial charge in [0.2, 0.25) is 0 Å². The van der Waals surface area contributed by atoms with E-state index in [9.17, 15) is 13.2 Å². The summed E-state index contributed by atoms with van der Waals surface area (Å²) < 4.78 is 35.9. The highest BCUT2D eigenvalue weighted by Gasteiger charge is 2.32. The minimum absolute atomic E-state index is 0.477. The molecule has 1 aromatic heterocycles. The van der Waals surface area contributed by atoms with Crippen LogP contribution < -0.4 is 0 Å². The summed E-state index contributed by atoms with van der Waals surface area (Å²) in [6.07, 6.45) is -3.32. The smallest absolute Gasteiger partial charge is 0.250 e. The number of hydrogen-bond acceptors (Lipinski definition) is 1. The van der Waals surface area contributed by atoms with E-state index in [4.69, 9.17) is 0 Å². The molecule has 0 aliphatic rings. The Morgan fingerprint density at radius 3 is 2.45 bits per heavy atom. The number of nitrogens with zero attached hydrogens (tertiary/aromatic N) is 1. The predicted octanol–water partition coefficient (Wildman–Crippen LogP) is 2.66. The van der Waals surface area contributed by atoms with Crippen LogP contribution in [0.5, 0.6) is 0 Å². The van der Waals surface area contributed by atoms with Crippen molar-refractivity contribution in [2.45, 2.75) is 6.18 Å². The maximum atomic E-state index is 11.8. The largest absolute Gasteiger partial charge is 0.433 e. The first-order valence-electron chi connectivity index (χ1n) is 2.60. The minimum Gasteiger partial charge on any atom is -0.250 e. The Morgan fingerprint density at radius 2 is 2.09 bits per heavy atom. The molecule has 1 heterocycles. The van der Waals surface area contributed by atoms with Crippen molar-refractivity contribution in [1.29, 1.82) is 0 Å². The number of rotatable bonds is 0. The van der Waals surface area contributed by atoms with Gasteiger partial charge in [0.15, 0.2) is 5.69 Å². The van der Waals surface area contributed by atoms with Gasteiger partial charge in [-0.3, -0.25) is 0 Å². The fraction of sp³-hybridized carbons (Fsp3) is 0.167. The van der Waals surface area contributed by atoms with Gasteiger partial charge in [-0.25, -0.2) is 4.98 Å². The summed E-state index contributed by atoms with van der Waals surface area (Å²) in [5.41, 5.74) is -0.999. The van der Waals surface area contributed by atoms with Gasteiger partial charge in [0.05, 0.1) is 0 Å². The maximum absolute atomic E-state index is 11.8. The van der Waals surface area contributed by atoms with Crippen molar-refractivity contribution in [3.05, 3.63) is 28.5 Å². The van der Waals surface area contributed by atoms with E-state index in [0.29, 0.717) is 4.47 Å². The van der Waals surface area contributed by atoms with Gasteiger partial charge in [-0.15, -0.1) is 0 Å². The number of halogens is 4. The summed E-state index contributed by atoms with van der Waals surface area (Å²) in [4.78, 5) is 3.12. The minimum atomic E-state index is -4.40. The Labute approximate surface area is 69.4 Å². The Hall–Kier alpha value is -0.580. The van der Waals surface area contributed by atoms with E-state index in [-0.39, 0.29) is 0 Å². The topological polar surface area (TPSA) is 12.9 Å². The average molecular weight is 225 g/mol. The van der Waals surface area contributed by atoms with Crippen LogP contribution >= 0.6 is 15.9 Å². The molecule has 0 unspecified atom stereocenters. The fourth-order valence-corrected chi connectivity index (χ4v) is 0.710. The first-order valence-corrected chi connectivity index (χ1v) is 3.40. The summed E-state index contributed by atoms with van der Waals surface area (Å²) in [6, 6.07) is 3.17. The normalized spacial score (nSPS) is 11.6. The SMILES string of the molecule is FC(F)(F)c1[c]cc(Br)cn1. The Bertz CT molecular complexity index is 241. The zero-order valence-corrected chi connectivity index (χ0v) is 6.70. The second-order valence-corrected chi connectivity index (χ2v) is 2.69. The molecule has 1 aromatic rings. The number of alkyl halides is 3. The standard InChI is InChI=1S/C6H2BrF3N/c7-4-1-2-5(11-3-4)6(8,9)10/h1,3H. The highest BCUT2D eigenvalue weighted by Crippen LogP contribution is 2.27. The first-order chi connectivity index (χ1) is 5.00. The van der Waals surface area contributed by atoms with Gasteiger partial charge in [-0.05, 0) is 22.0 Å². The third kappa shape index (κ3) is 2.18. The van der Waals surface area contributed by atoms with Crippen molar-refractivity contribution >= 4 is 15.9 Å². The van der Waals surface area contributed by atoms with E-state index >= 15 is 0 Å². The molecule has 0 saturated carbocycles. The van der Waals surface area contributed by atoms with Crippen molar-refractivity contribution in [2.24, 2.45) is 0 Å². The van der Waals surface area contributed by atoms with Crippen molar-refractivity contribution in [3.8, 4) is 0 Å². The molecular weight excluding hydrogens is 223 g/mol. The molecule has 0 bridgehead atoms. The third-order valence-electron chi connectivity index (χ3n) is 0.932. The van der Waals surface area contributed by atoms with E-state index in [1.165, 1.54) is 6.07 Å². The molecule has 0 fully saturated rings. The molecule has 0 N–H and O–H groups in total. The second-order valence-electron chi connectivity index (χ2n) is 1.78. The van der Waals surface area contributed by atoms with Crippen molar-refractivity contribution in [2.75, 3.05) is 0 Å². The van der Waals surface area contributed by atoms with Gasteiger partial charge in [0.1, 0.15) is 0 Å². The van der Waals surface area contributed by atoms with Crippen LogP contribution in [-0.2, 0) is 6.18 Å². The van der Waals surface area contributed by atoms with E-state index in [2.05, 4.69) is 20.9 Å². The average Bonchev–Trinajstić information content (AvgIpc) is 1.86. The lowest BCUT2D eigenvalue weighted by Gasteiger charge is -2.03. The van der Waals surface area contributed by atoms with Crippen molar-refractivity contribution < 1.29 is 13.2 Å². The van der Waals surface area contributed by atoms with Gasteiger partial charge < -0.3 is 0 Å². The summed E-state index contributed by atoms with van der Waals surface area (Å²) >= 11 is 2.95. The Kier molecular flexibility index (Phi) is 2.17. The molecule has 0 amide bonds. The van der Waals surface area contributed by atoms with Crippen molar-refractivity contribution in [3.63, 3.8) is 0 Å². The zero-order chi connectivity index (χ0) is 8.48. The molecule has 0 aliphatic carbocycles. The third-order valence-corrected chi connectivity index (χ3v) is 1.37. The van der Waals surface area contributed by atoms with Gasteiger partial charge >= 0.3 is 6.18 Å². The van der Waals surface area contributed by atoms with Crippen LogP contribution in [0.25, 0.3) is 0 Å². The monoisotopic (exact) mass is 224 g/mol. The number of hydrogen-bond donors (Lipinski definition) is 0. The van der Waals surface area contributed by atoms with E-state index in [0.717, 1.165) is 6.20 Å². The zero-order valence-electron chi connectivity index (χ0n) is 5.11. The van der Waals surface area contributed by atoms with Crippen LogP contribution in [0.15, 0.2) is 16.7 Å². The molecule has 1 nitrogen and oxygen atoms in total. The predicted molar refractivity (Wildman–Crippen MR) is 35.8 cm³/mol. The number of aromatic nitrogens is 1. The van der Waals surface area contributed by atoms with Gasteiger partial charge in [0.25, 0.3) is 0 Å². The van der Waals surface area contributed by atoms with Crippen LogP contribution in [0.2, 0.25) is 0 Å². The van der Waals surface area contributed by atoms with Gasteiger partial charge in [-0.1, -0.05) is 0 Å². The summed E-state index contributed by atoms with van der Waals surface area (Å²) in [5, 5.41) is 0. The Balaban J connectivity index is 2.99. The molecule has 0 atom stereocenters. The van der Waals surface area contributed by atoms with Crippen LogP contribution in [0, 0.1) is 6.07 Å². The molecule has 1 radical (unpaired) electrons. The highest BCUT2D eigenvalue weighted by atomic mass is 79.9. The van der Waals surface area contributed by atoms with E-state index in [1.54, 1.807) is 0 Å². The number of pyridine rings is 1. The van der Waals surface area contributed by atoms with Crippen LogP contribution in [-0.4, -0.2) is 4.98 Å². The van der Waals surface area contributed by atoms with E-state index < -0.39 is 11.9 Å². The van der Waals surface area contributed by atoms with E-state index in [1.807, 2.05) is 6.07 Å². The molecule has 0 saturated heterocycles. The van der Waals surface area contributed by atoms with Crippen LogP contribution in [0.1, 0.15) is 5.69 Å². The lowest BCUT2D eigenvalue weighted by atomic mass is 10.3. The molecular formula is C6H2BrF3N. The molecule has 0 aromatic carbocycles.